The first kappa shape index (κ1) is 12.2. The summed E-state index contributed by atoms with van der Waals surface area (Å²) in [5.74, 6) is 0.152. The number of hydrogen-bond acceptors (Lipinski definition) is 2. The topological polar surface area (TPSA) is 33.2 Å². The van der Waals surface area contributed by atoms with Gasteiger partial charge in [0.2, 0.25) is 0 Å². The lowest BCUT2D eigenvalue weighted by atomic mass is 10.1. The largest absolute Gasteiger partial charge is 0.339 e. The van der Waals surface area contributed by atoms with Crippen LogP contribution < -0.4 is 0 Å². The number of nitrogens with zero attached hydrogens (tertiary/aromatic N) is 2. The smallest absolute Gasteiger partial charge is 0.253 e. The molecule has 1 amide bonds. The second-order valence-corrected chi connectivity index (χ2v) is 5.31. The fraction of sp³-hybridized carbons (Fsp3) is 0.375. The molecule has 2 heterocycles. The number of pyridine rings is 1. The van der Waals surface area contributed by atoms with Gasteiger partial charge >= 0.3 is 0 Å². The van der Waals surface area contributed by atoms with Crippen molar-refractivity contribution in [3.63, 3.8) is 0 Å². The Bertz CT molecular complexity index is 642. The van der Waals surface area contributed by atoms with Crippen LogP contribution in [0.4, 0.5) is 0 Å². The summed E-state index contributed by atoms with van der Waals surface area (Å²) >= 11 is 0. The van der Waals surface area contributed by atoms with Gasteiger partial charge in [-0.3, -0.25) is 9.78 Å². The zero-order valence-electron chi connectivity index (χ0n) is 11.4. The van der Waals surface area contributed by atoms with Crippen molar-refractivity contribution in [1.29, 1.82) is 0 Å². The number of likely N-dealkylation sites (tertiary alicyclic amines) is 1. The molecule has 1 fully saturated rings. The van der Waals surface area contributed by atoms with Crippen molar-refractivity contribution in [3.8, 4) is 0 Å². The van der Waals surface area contributed by atoms with E-state index in [4.69, 9.17) is 0 Å². The van der Waals surface area contributed by atoms with Crippen LogP contribution >= 0.6 is 0 Å². The molecule has 98 valence electrons. The first-order valence-corrected chi connectivity index (χ1v) is 6.82. The van der Waals surface area contributed by atoms with E-state index in [0.717, 1.165) is 48.1 Å². The summed E-state index contributed by atoms with van der Waals surface area (Å²) in [6, 6.07) is 7.90. The number of aromatic nitrogens is 1. The van der Waals surface area contributed by atoms with Crippen molar-refractivity contribution in [2.45, 2.75) is 26.7 Å². The lowest BCUT2D eigenvalue weighted by molar-refractivity contribution is 0.0793. The zero-order valence-corrected chi connectivity index (χ0v) is 11.4. The zero-order chi connectivity index (χ0) is 13.4. The predicted molar refractivity (Wildman–Crippen MR) is 76.4 cm³/mol. The first-order valence-electron chi connectivity index (χ1n) is 6.82. The van der Waals surface area contributed by atoms with E-state index >= 15 is 0 Å². The Morgan fingerprint density at radius 3 is 2.63 bits per heavy atom. The third kappa shape index (κ3) is 2.21. The van der Waals surface area contributed by atoms with Crippen molar-refractivity contribution >= 4 is 16.8 Å². The average Bonchev–Trinajstić information content (AvgIpc) is 2.91. The highest BCUT2D eigenvalue weighted by molar-refractivity contribution is 5.98. The fourth-order valence-electron chi connectivity index (χ4n) is 2.80. The number of aryl methyl sites for hydroxylation is 2. The third-order valence-electron chi connectivity index (χ3n) is 3.78. The SMILES string of the molecule is Cc1cc(C)c2cc(C(=O)N3CCCC3)ccc2n1. The van der Waals surface area contributed by atoms with Crippen molar-refractivity contribution < 1.29 is 4.79 Å². The minimum absolute atomic E-state index is 0.152. The molecule has 0 spiro atoms. The van der Waals surface area contributed by atoms with E-state index in [0.29, 0.717) is 0 Å². The molecule has 1 aliphatic heterocycles. The molecule has 0 bridgehead atoms. The Kier molecular flexibility index (Phi) is 2.97. The molecular formula is C16H18N2O. The maximum Gasteiger partial charge on any atom is 0.253 e. The highest BCUT2D eigenvalue weighted by atomic mass is 16.2. The molecule has 1 saturated heterocycles. The summed E-state index contributed by atoms with van der Waals surface area (Å²) in [4.78, 5) is 18.8. The predicted octanol–water partition coefficient (Wildman–Crippen LogP) is 3.09. The highest BCUT2D eigenvalue weighted by Crippen LogP contribution is 2.21. The quantitative estimate of drug-likeness (QED) is 0.783. The van der Waals surface area contributed by atoms with Gasteiger partial charge in [-0.2, -0.15) is 0 Å². The van der Waals surface area contributed by atoms with Gasteiger partial charge in [0.1, 0.15) is 0 Å². The van der Waals surface area contributed by atoms with E-state index in [1.54, 1.807) is 0 Å². The molecule has 2 aromatic rings. The molecule has 0 radical (unpaired) electrons. The average molecular weight is 254 g/mol. The van der Waals surface area contributed by atoms with Gasteiger partial charge in [0.25, 0.3) is 5.91 Å². The van der Waals surface area contributed by atoms with E-state index in [-0.39, 0.29) is 5.91 Å². The van der Waals surface area contributed by atoms with Gasteiger partial charge in [-0.15, -0.1) is 0 Å². The van der Waals surface area contributed by atoms with Crippen LogP contribution in [0.3, 0.4) is 0 Å². The summed E-state index contributed by atoms with van der Waals surface area (Å²) in [6.45, 7) is 5.85. The van der Waals surface area contributed by atoms with Crippen LogP contribution in [0.2, 0.25) is 0 Å². The van der Waals surface area contributed by atoms with Crippen molar-refractivity contribution in [3.05, 3.63) is 41.1 Å². The molecule has 3 rings (SSSR count). The number of fused-ring (bicyclic) bond motifs is 1. The number of hydrogen-bond donors (Lipinski definition) is 0. The van der Waals surface area contributed by atoms with Gasteiger partial charge in [-0.1, -0.05) is 0 Å². The Morgan fingerprint density at radius 2 is 1.89 bits per heavy atom. The number of amides is 1. The monoisotopic (exact) mass is 254 g/mol. The lowest BCUT2D eigenvalue weighted by Gasteiger charge is -2.15. The molecule has 1 aromatic heterocycles. The number of carbonyl (C=O) groups excluding carboxylic acids is 1. The van der Waals surface area contributed by atoms with Gasteiger partial charge in [-0.25, -0.2) is 0 Å². The van der Waals surface area contributed by atoms with E-state index in [9.17, 15) is 4.79 Å². The molecule has 0 unspecified atom stereocenters. The second-order valence-electron chi connectivity index (χ2n) is 5.31. The molecule has 0 saturated carbocycles. The summed E-state index contributed by atoms with van der Waals surface area (Å²) in [7, 11) is 0. The molecule has 0 atom stereocenters. The summed E-state index contributed by atoms with van der Waals surface area (Å²) < 4.78 is 0. The maximum atomic E-state index is 12.4. The van der Waals surface area contributed by atoms with E-state index in [1.165, 1.54) is 5.56 Å². The third-order valence-corrected chi connectivity index (χ3v) is 3.78. The minimum Gasteiger partial charge on any atom is -0.339 e. The van der Waals surface area contributed by atoms with Crippen LogP contribution in [0.15, 0.2) is 24.3 Å². The van der Waals surface area contributed by atoms with Crippen LogP contribution in [0.1, 0.15) is 34.5 Å². The Hall–Kier alpha value is -1.90. The molecular weight excluding hydrogens is 236 g/mol. The van der Waals surface area contributed by atoms with Gasteiger partial charge in [-0.05, 0) is 56.5 Å². The fourth-order valence-corrected chi connectivity index (χ4v) is 2.80. The van der Waals surface area contributed by atoms with Crippen LogP contribution in [0, 0.1) is 13.8 Å². The molecule has 0 N–H and O–H groups in total. The number of benzene rings is 1. The van der Waals surface area contributed by atoms with Crippen LogP contribution in [0.5, 0.6) is 0 Å². The van der Waals surface area contributed by atoms with Crippen molar-refractivity contribution in [1.82, 2.24) is 9.88 Å². The number of rotatable bonds is 1. The van der Waals surface area contributed by atoms with Gasteiger partial charge in [0.05, 0.1) is 5.52 Å². The second kappa shape index (κ2) is 4.65. The summed E-state index contributed by atoms with van der Waals surface area (Å²) in [5.41, 5.74) is 3.95. The van der Waals surface area contributed by atoms with E-state index in [2.05, 4.69) is 18.0 Å². The lowest BCUT2D eigenvalue weighted by Crippen LogP contribution is -2.27. The normalized spacial score (nSPS) is 15.2. The van der Waals surface area contributed by atoms with Gasteiger partial charge < -0.3 is 4.90 Å². The Labute approximate surface area is 113 Å². The van der Waals surface area contributed by atoms with E-state index in [1.807, 2.05) is 30.0 Å². The maximum absolute atomic E-state index is 12.4. The standard InChI is InChI=1S/C16H18N2O/c1-11-9-12(2)17-15-6-5-13(10-14(11)15)16(19)18-7-3-4-8-18/h5-6,9-10H,3-4,7-8H2,1-2H3. The molecule has 19 heavy (non-hydrogen) atoms. The summed E-state index contributed by atoms with van der Waals surface area (Å²) in [5, 5.41) is 1.08. The van der Waals surface area contributed by atoms with E-state index < -0.39 is 0 Å². The van der Waals surface area contributed by atoms with Crippen molar-refractivity contribution in [2.24, 2.45) is 0 Å². The Balaban J connectivity index is 2.03. The van der Waals surface area contributed by atoms with Crippen LogP contribution in [-0.4, -0.2) is 28.9 Å². The molecule has 1 aliphatic rings. The van der Waals surface area contributed by atoms with Gasteiger partial charge in [0, 0.05) is 29.7 Å². The summed E-state index contributed by atoms with van der Waals surface area (Å²) in [6.07, 6.45) is 2.25. The minimum atomic E-state index is 0.152. The molecule has 0 aliphatic carbocycles. The first-order chi connectivity index (χ1) is 9.15. The van der Waals surface area contributed by atoms with Gasteiger partial charge in [0.15, 0.2) is 0 Å². The van der Waals surface area contributed by atoms with Crippen molar-refractivity contribution in [2.75, 3.05) is 13.1 Å². The number of carbonyl (C=O) groups is 1. The highest BCUT2D eigenvalue weighted by Gasteiger charge is 2.19. The molecule has 3 nitrogen and oxygen atoms in total. The molecule has 3 heteroatoms. The Morgan fingerprint density at radius 1 is 1.16 bits per heavy atom. The molecule has 1 aromatic carbocycles. The van der Waals surface area contributed by atoms with Crippen LogP contribution in [-0.2, 0) is 0 Å². The van der Waals surface area contributed by atoms with Crippen LogP contribution in [0.25, 0.3) is 10.9 Å².